The summed E-state index contributed by atoms with van der Waals surface area (Å²) in [6.45, 7) is 7.44. The van der Waals surface area contributed by atoms with E-state index in [9.17, 15) is 19.5 Å². The number of aliphatic hydroxyl groups is 1. The van der Waals surface area contributed by atoms with Gasteiger partial charge in [0, 0.05) is 49.7 Å². The molecule has 4 heterocycles. The molecule has 2 bridgehead atoms. The summed E-state index contributed by atoms with van der Waals surface area (Å²) in [7, 11) is 0. The zero-order chi connectivity index (χ0) is 39.2. The van der Waals surface area contributed by atoms with Crippen LogP contribution < -0.4 is 16.1 Å². The molecule has 14 heteroatoms. The number of hydrogen-bond acceptors (Lipinski definition) is 11. The maximum absolute atomic E-state index is 14.1. The lowest BCUT2D eigenvalue weighted by atomic mass is 9.86. The number of nitrogens with one attached hydrogen (secondary N) is 3. The molecule has 3 saturated heterocycles. The number of hydrazine groups is 1. The molecule has 1 aliphatic carbocycles. The van der Waals surface area contributed by atoms with E-state index >= 15 is 0 Å². The largest absolute Gasteiger partial charge is 0.445 e. The molecule has 0 radical (unpaired) electrons. The fraction of sp³-hybridized carbons (Fsp3) is 0.524. The number of alkyl carbamates (subject to hydrolysis) is 2. The van der Waals surface area contributed by atoms with Gasteiger partial charge in [0.1, 0.15) is 18.2 Å². The van der Waals surface area contributed by atoms with Crippen LogP contribution in [0.5, 0.6) is 0 Å². The van der Waals surface area contributed by atoms with E-state index in [0.29, 0.717) is 39.3 Å². The molecule has 4 aliphatic rings. The molecule has 2 aromatic carbocycles. The Balaban J connectivity index is 1.09. The van der Waals surface area contributed by atoms with Gasteiger partial charge < -0.3 is 39.4 Å². The molecule has 1 aromatic heterocycles. The highest BCUT2D eigenvalue weighted by Crippen LogP contribution is 2.49. The third-order valence-corrected chi connectivity index (χ3v) is 11.1. The Labute approximate surface area is 327 Å². The maximum Gasteiger partial charge on any atom is 0.408 e. The van der Waals surface area contributed by atoms with Gasteiger partial charge >= 0.3 is 12.2 Å². The van der Waals surface area contributed by atoms with Crippen LogP contribution in [-0.2, 0) is 41.4 Å². The second-order valence-electron chi connectivity index (χ2n) is 16.4. The monoisotopic (exact) mass is 771 g/mol. The molecule has 3 amide bonds. The molecule has 3 aliphatic heterocycles. The SMILES string of the molecule is CC(C)(C)C(NC(=O)OC1CCOC1)C(=O)NN(Cc1ccc(-c2cccnc2)cc1)CC(O)C(Cc1ccccc1)NC(=O)OC1C2COC3OCC1C3C2. The topological polar surface area (TPSA) is 170 Å². The first-order chi connectivity index (χ1) is 27.0. The number of carbonyl (C=O) groups is 3. The summed E-state index contributed by atoms with van der Waals surface area (Å²) in [4.78, 5) is 44.9. The van der Waals surface area contributed by atoms with Crippen molar-refractivity contribution in [3.63, 3.8) is 0 Å². The van der Waals surface area contributed by atoms with Crippen molar-refractivity contribution in [3.8, 4) is 11.1 Å². The van der Waals surface area contributed by atoms with Gasteiger partial charge in [0.25, 0.3) is 5.91 Å². The quantitative estimate of drug-likeness (QED) is 0.173. The van der Waals surface area contributed by atoms with Crippen LogP contribution >= 0.6 is 0 Å². The Bertz CT molecular complexity index is 1770. The summed E-state index contributed by atoms with van der Waals surface area (Å²) >= 11 is 0. The van der Waals surface area contributed by atoms with Gasteiger partial charge in [-0.25, -0.2) is 14.6 Å². The van der Waals surface area contributed by atoms with Crippen molar-refractivity contribution in [2.24, 2.45) is 23.2 Å². The van der Waals surface area contributed by atoms with E-state index < -0.39 is 41.7 Å². The summed E-state index contributed by atoms with van der Waals surface area (Å²) in [5.74, 6) is -0.122. The first kappa shape index (κ1) is 39.6. The Morgan fingerprint density at radius 2 is 1.66 bits per heavy atom. The Kier molecular flexibility index (Phi) is 12.5. The van der Waals surface area contributed by atoms with Crippen molar-refractivity contribution < 1.29 is 43.2 Å². The van der Waals surface area contributed by atoms with E-state index in [1.807, 2.05) is 87.5 Å². The van der Waals surface area contributed by atoms with Crippen LogP contribution in [0.2, 0.25) is 0 Å². The van der Waals surface area contributed by atoms with Crippen LogP contribution in [0.15, 0.2) is 79.1 Å². The van der Waals surface area contributed by atoms with Crippen LogP contribution in [0.4, 0.5) is 9.59 Å². The minimum Gasteiger partial charge on any atom is -0.445 e. The van der Waals surface area contributed by atoms with Gasteiger partial charge in [0.05, 0.1) is 38.6 Å². The Morgan fingerprint density at radius 3 is 2.38 bits per heavy atom. The third kappa shape index (κ3) is 9.85. The molecule has 4 fully saturated rings. The summed E-state index contributed by atoms with van der Waals surface area (Å²) in [6, 6.07) is 19.5. The first-order valence-electron chi connectivity index (χ1n) is 19.5. The van der Waals surface area contributed by atoms with Gasteiger partial charge in [-0.2, -0.15) is 0 Å². The molecule has 3 aromatic rings. The average Bonchev–Trinajstić information content (AvgIpc) is 3.91. The minimum atomic E-state index is -1.17. The van der Waals surface area contributed by atoms with Crippen molar-refractivity contribution in [1.82, 2.24) is 26.1 Å². The van der Waals surface area contributed by atoms with Crippen molar-refractivity contribution in [2.45, 2.75) is 83.3 Å². The smallest absolute Gasteiger partial charge is 0.408 e. The van der Waals surface area contributed by atoms with E-state index in [-0.39, 0.29) is 49.3 Å². The average molecular weight is 772 g/mol. The number of pyridine rings is 1. The number of aliphatic hydroxyl groups excluding tert-OH is 1. The molecule has 7 rings (SSSR count). The van der Waals surface area contributed by atoms with Crippen molar-refractivity contribution in [3.05, 3.63) is 90.3 Å². The molecule has 9 atom stereocenters. The number of ether oxygens (including phenoxy) is 5. The van der Waals surface area contributed by atoms with Crippen LogP contribution in [0.25, 0.3) is 11.1 Å². The lowest BCUT2D eigenvalue weighted by molar-refractivity contribution is -0.169. The summed E-state index contributed by atoms with van der Waals surface area (Å²) in [5, 5.41) is 19.3. The van der Waals surface area contributed by atoms with E-state index in [1.54, 1.807) is 17.4 Å². The molecule has 300 valence electrons. The molecule has 4 N–H and O–H groups in total. The Morgan fingerprint density at radius 1 is 0.893 bits per heavy atom. The Hall–Kier alpha value is -4.60. The molecule has 1 saturated carbocycles. The van der Waals surface area contributed by atoms with Crippen LogP contribution in [0.1, 0.15) is 44.7 Å². The molecule has 56 heavy (non-hydrogen) atoms. The van der Waals surface area contributed by atoms with E-state index in [2.05, 4.69) is 21.0 Å². The number of nitrogens with zero attached hydrogens (tertiary/aromatic N) is 2. The van der Waals surface area contributed by atoms with Gasteiger partial charge in [0.15, 0.2) is 6.29 Å². The highest BCUT2D eigenvalue weighted by atomic mass is 16.7. The lowest BCUT2D eigenvalue weighted by Crippen LogP contribution is -2.59. The van der Waals surface area contributed by atoms with Crippen LogP contribution in [0.3, 0.4) is 0 Å². The first-order valence-corrected chi connectivity index (χ1v) is 19.5. The van der Waals surface area contributed by atoms with Gasteiger partial charge in [-0.1, -0.05) is 81.4 Å². The number of aromatic nitrogens is 1. The predicted octanol–water partition coefficient (Wildman–Crippen LogP) is 4.22. The summed E-state index contributed by atoms with van der Waals surface area (Å²) < 4.78 is 28.6. The molecule has 0 spiro atoms. The van der Waals surface area contributed by atoms with Crippen molar-refractivity contribution in [1.29, 1.82) is 0 Å². The van der Waals surface area contributed by atoms with Crippen molar-refractivity contribution in [2.75, 3.05) is 33.0 Å². The van der Waals surface area contributed by atoms with E-state index in [4.69, 9.17) is 23.7 Å². The normalized spacial score (nSPS) is 25.6. The third-order valence-electron chi connectivity index (χ3n) is 11.1. The second kappa shape index (κ2) is 17.7. The number of fused-ring (bicyclic) bond motifs is 1. The predicted molar refractivity (Wildman–Crippen MR) is 204 cm³/mol. The van der Waals surface area contributed by atoms with Gasteiger partial charge in [-0.05, 0) is 46.6 Å². The second-order valence-corrected chi connectivity index (χ2v) is 16.4. The molecular weight excluding hydrogens is 718 g/mol. The number of rotatable bonds is 14. The summed E-state index contributed by atoms with van der Waals surface area (Å²) in [6.07, 6.45) is 1.80. The standard InChI is InChI=1S/C42H53N5O9/c1-42(2,3)37(45-41(51)55-31-15-17-52-24-31)38(49)46-47(21-27-11-13-28(14-12-27)29-10-7-16-43-20-29)22-35(48)34(18-26-8-5-4-6-9-26)44-40(50)56-36-30-19-32-33(36)25-54-39(32)53-23-30/h4-14,16,20,30-37,39,48H,15,17-19,21-25H2,1-3H3,(H,44,50)(H,45,51)(H,46,49). The zero-order valence-electron chi connectivity index (χ0n) is 32.2. The minimum absolute atomic E-state index is 0.0687. The van der Waals surface area contributed by atoms with Crippen LogP contribution in [0, 0.1) is 23.2 Å². The highest BCUT2D eigenvalue weighted by Gasteiger charge is 2.56. The van der Waals surface area contributed by atoms with Crippen molar-refractivity contribution >= 4 is 18.1 Å². The van der Waals surface area contributed by atoms with Crippen LogP contribution in [-0.4, -0.2) is 103 Å². The fourth-order valence-electron chi connectivity index (χ4n) is 8.17. The number of carbonyl (C=O) groups excluding carboxylic acids is 3. The van der Waals surface area contributed by atoms with E-state index in [1.165, 1.54) is 0 Å². The fourth-order valence-corrected chi connectivity index (χ4v) is 8.17. The maximum atomic E-state index is 14.1. The lowest BCUT2D eigenvalue weighted by Gasteiger charge is -2.35. The molecule has 9 unspecified atom stereocenters. The van der Waals surface area contributed by atoms with E-state index in [0.717, 1.165) is 28.7 Å². The number of benzene rings is 2. The number of amides is 3. The molecular formula is C42H53N5O9. The summed E-state index contributed by atoms with van der Waals surface area (Å²) in [5.41, 5.74) is 5.96. The van der Waals surface area contributed by atoms with Gasteiger partial charge in [0.2, 0.25) is 0 Å². The van der Waals surface area contributed by atoms with Gasteiger partial charge in [-0.15, -0.1) is 0 Å². The molecule has 14 nitrogen and oxygen atoms in total. The number of hydrogen-bond donors (Lipinski definition) is 4. The van der Waals surface area contributed by atoms with Gasteiger partial charge in [-0.3, -0.25) is 15.2 Å². The highest BCUT2D eigenvalue weighted by molar-refractivity contribution is 5.86. The zero-order valence-corrected chi connectivity index (χ0v) is 32.2.